The van der Waals surface area contributed by atoms with Gasteiger partial charge in [-0.05, 0) is 36.8 Å². The van der Waals surface area contributed by atoms with Gasteiger partial charge in [0.1, 0.15) is 5.58 Å². The normalized spacial score (nSPS) is 10.9. The summed E-state index contributed by atoms with van der Waals surface area (Å²) in [5.74, 6) is 0.0609. The maximum Gasteiger partial charge on any atom is 0.228 e. The van der Waals surface area contributed by atoms with E-state index in [-0.39, 0.29) is 11.5 Å². The lowest BCUT2D eigenvalue weighted by molar-refractivity contribution is 0.101. The zero-order chi connectivity index (χ0) is 14.3. The number of halogens is 1. The molecule has 0 fully saturated rings. The first-order chi connectivity index (χ1) is 9.54. The first-order valence-corrected chi connectivity index (χ1v) is 6.52. The Hall–Kier alpha value is -2.26. The van der Waals surface area contributed by atoms with Crippen molar-refractivity contribution in [2.75, 3.05) is 5.73 Å². The molecular weight excluding hydrogens is 274 g/mol. The van der Waals surface area contributed by atoms with Gasteiger partial charge in [0.05, 0.1) is 0 Å². The van der Waals surface area contributed by atoms with E-state index in [1.807, 2.05) is 25.1 Å². The van der Waals surface area contributed by atoms with Crippen LogP contribution in [0.15, 0.2) is 46.9 Å². The van der Waals surface area contributed by atoms with Crippen LogP contribution in [0.1, 0.15) is 21.7 Å². The van der Waals surface area contributed by atoms with Crippen molar-refractivity contribution in [3.8, 4) is 0 Å². The van der Waals surface area contributed by atoms with E-state index in [2.05, 4.69) is 0 Å². The number of para-hydroxylation sites is 1. The molecule has 3 nitrogen and oxygen atoms in total. The number of carbonyl (C=O) groups excluding carboxylic acids is 1. The van der Waals surface area contributed by atoms with Gasteiger partial charge >= 0.3 is 0 Å². The monoisotopic (exact) mass is 285 g/mol. The van der Waals surface area contributed by atoms with E-state index in [0.29, 0.717) is 16.3 Å². The molecule has 3 rings (SSSR count). The molecule has 0 aliphatic carbocycles. The summed E-state index contributed by atoms with van der Waals surface area (Å²) in [6.07, 6.45) is 0. The van der Waals surface area contributed by atoms with Crippen LogP contribution in [0.5, 0.6) is 0 Å². The molecule has 100 valence electrons. The second-order valence-corrected chi connectivity index (χ2v) is 5.14. The molecule has 2 N–H and O–H groups in total. The lowest BCUT2D eigenvalue weighted by Gasteiger charge is -2.01. The molecule has 0 aliphatic rings. The maximum absolute atomic E-state index is 12.4. The summed E-state index contributed by atoms with van der Waals surface area (Å²) in [5, 5.41) is 1.34. The smallest absolute Gasteiger partial charge is 0.228 e. The number of fused-ring (bicyclic) bond motifs is 1. The fourth-order valence-electron chi connectivity index (χ4n) is 2.21. The van der Waals surface area contributed by atoms with Gasteiger partial charge in [-0.25, -0.2) is 0 Å². The predicted octanol–water partition coefficient (Wildman–Crippen LogP) is 4.21. The largest absolute Gasteiger partial charge is 0.452 e. The molecule has 0 amide bonds. The Labute approximate surface area is 120 Å². The number of carbonyl (C=O) groups is 1. The van der Waals surface area contributed by atoms with Crippen LogP contribution >= 0.6 is 11.6 Å². The van der Waals surface area contributed by atoms with Crippen LogP contribution < -0.4 is 5.73 Å². The Balaban J connectivity index is 2.10. The number of benzene rings is 2. The second kappa shape index (κ2) is 4.69. The van der Waals surface area contributed by atoms with Crippen LogP contribution in [0.2, 0.25) is 5.02 Å². The number of furan rings is 1. The third-order valence-corrected chi connectivity index (χ3v) is 3.37. The van der Waals surface area contributed by atoms with Crippen LogP contribution in [0, 0.1) is 6.92 Å². The molecule has 4 heteroatoms. The van der Waals surface area contributed by atoms with Gasteiger partial charge in [-0.3, -0.25) is 4.79 Å². The van der Waals surface area contributed by atoms with Crippen molar-refractivity contribution in [3.63, 3.8) is 0 Å². The molecule has 0 radical (unpaired) electrons. The molecule has 1 aromatic heterocycles. The molecule has 20 heavy (non-hydrogen) atoms. The molecule has 0 atom stereocenters. The Morgan fingerprint density at radius 2 is 2.00 bits per heavy atom. The summed E-state index contributed by atoms with van der Waals surface area (Å²) < 4.78 is 5.66. The standard InChI is InChI=1S/C16H12ClNO2/c1-9-3-2-4-10-7-14(20-16(9)10)15(19)11-5-12(17)8-13(18)6-11/h2-8H,18H2,1H3. The molecule has 0 saturated carbocycles. The minimum Gasteiger partial charge on any atom is -0.452 e. The van der Waals surface area contributed by atoms with Crippen LogP contribution in [0.25, 0.3) is 11.0 Å². The minimum absolute atomic E-state index is 0.227. The lowest BCUT2D eigenvalue weighted by Crippen LogP contribution is -2.00. The molecule has 0 bridgehead atoms. The van der Waals surface area contributed by atoms with Gasteiger partial charge in [-0.15, -0.1) is 0 Å². The number of nitrogen functional groups attached to an aromatic ring is 1. The topological polar surface area (TPSA) is 56.2 Å². The van der Waals surface area contributed by atoms with E-state index in [1.54, 1.807) is 24.3 Å². The molecule has 0 saturated heterocycles. The van der Waals surface area contributed by atoms with E-state index < -0.39 is 0 Å². The molecule has 0 unspecified atom stereocenters. The fourth-order valence-corrected chi connectivity index (χ4v) is 2.45. The van der Waals surface area contributed by atoms with Crippen molar-refractivity contribution in [3.05, 3.63) is 64.4 Å². The lowest BCUT2D eigenvalue weighted by atomic mass is 10.1. The number of hydrogen-bond acceptors (Lipinski definition) is 3. The van der Waals surface area contributed by atoms with Crippen LogP contribution in [0.3, 0.4) is 0 Å². The van der Waals surface area contributed by atoms with Crippen LogP contribution in [-0.4, -0.2) is 5.78 Å². The van der Waals surface area contributed by atoms with Crippen molar-refractivity contribution >= 4 is 34.0 Å². The zero-order valence-electron chi connectivity index (χ0n) is 10.8. The molecule has 2 aromatic carbocycles. The van der Waals surface area contributed by atoms with Crippen molar-refractivity contribution in [2.45, 2.75) is 6.92 Å². The molecule has 1 heterocycles. The Morgan fingerprint density at radius 3 is 2.70 bits per heavy atom. The quantitative estimate of drug-likeness (QED) is 0.567. The van der Waals surface area contributed by atoms with Gasteiger partial charge < -0.3 is 10.2 Å². The van der Waals surface area contributed by atoms with Crippen LogP contribution in [0.4, 0.5) is 5.69 Å². The highest BCUT2D eigenvalue weighted by Gasteiger charge is 2.16. The van der Waals surface area contributed by atoms with E-state index >= 15 is 0 Å². The minimum atomic E-state index is -0.227. The Kier molecular flexibility index (Phi) is 2.99. The summed E-state index contributed by atoms with van der Waals surface area (Å²) >= 11 is 5.92. The first kappa shape index (κ1) is 12.8. The highest BCUT2D eigenvalue weighted by molar-refractivity contribution is 6.31. The summed E-state index contributed by atoms with van der Waals surface area (Å²) in [4.78, 5) is 12.4. The first-order valence-electron chi connectivity index (χ1n) is 6.14. The number of ketones is 1. The van der Waals surface area contributed by atoms with Crippen molar-refractivity contribution < 1.29 is 9.21 Å². The molecule has 0 spiro atoms. The average Bonchev–Trinajstić information content (AvgIpc) is 2.82. The number of hydrogen-bond donors (Lipinski definition) is 1. The number of nitrogens with two attached hydrogens (primary N) is 1. The summed E-state index contributed by atoms with van der Waals surface area (Å²) in [6, 6.07) is 12.3. The van der Waals surface area contributed by atoms with E-state index in [1.165, 1.54) is 0 Å². The fraction of sp³-hybridized carbons (Fsp3) is 0.0625. The van der Waals surface area contributed by atoms with Gasteiger partial charge in [-0.2, -0.15) is 0 Å². The SMILES string of the molecule is Cc1cccc2cc(C(=O)c3cc(N)cc(Cl)c3)oc12. The van der Waals surface area contributed by atoms with Gasteiger partial charge in [0, 0.05) is 21.7 Å². The Bertz CT molecular complexity index is 800. The Morgan fingerprint density at radius 1 is 1.20 bits per heavy atom. The molecule has 3 aromatic rings. The van der Waals surface area contributed by atoms with Gasteiger partial charge in [-0.1, -0.05) is 29.8 Å². The third-order valence-electron chi connectivity index (χ3n) is 3.15. The predicted molar refractivity (Wildman–Crippen MR) is 80.2 cm³/mol. The van der Waals surface area contributed by atoms with E-state index in [9.17, 15) is 4.79 Å². The van der Waals surface area contributed by atoms with Gasteiger partial charge in [0.25, 0.3) is 0 Å². The van der Waals surface area contributed by atoms with Gasteiger partial charge in [0.2, 0.25) is 5.78 Å². The molecular formula is C16H12ClNO2. The van der Waals surface area contributed by atoms with Gasteiger partial charge in [0.15, 0.2) is 5.76 Å². The van der Waals surface area contributed by atoms with Crippen molar-refractivity contribution in [2.24, 2.45) is 0 Å². The van der Waals surface area contributed by atoms with Crippen molar-refractivity contribution in [1.29, 1.82) is 0 Å². The highest BCUT2D eigenvalue weighted by atomic mass is 35.5. The number of aryl methyl sites for hydroxylation is 1. The van der Waals surface area contributed by atoms with Crippen molar-refractivity contribution in [1.82, 2.24) is 0 Å². The zero-order valence-corrected chi connectivity index (χ0v) is 11.6. The second-order valence-electron chi connectivity index (χ2n) is 4.71. The molecule has 0 aliphatic heterocycles. The summed E-state index contributed by atoms with van der Waals surface area (Å²) in [6.45, 7) is 1.94. The maximum atomic E-state index is 12.4. The third kappa shape index (κ3) is 2.17. The summed E-state index contributed by atoms with van der Waals surface area (Å²) in [5.41, 5.74) is 8.30. The number of rotatable bonds is 2. The van der Waals surface area contributed by atoms with E-state index in [4.69, 9.17) is 21.8 Å². The average molecular weight is 286 g/mol. The highest BCUT2D eigenvalue weighted by Crippen LogP contribution is 2.25. The summed E-state index contributed by atoms with van der Waals surface area (Å²) in [7, 11) is 0. The number of anilines is 1. The van der Waals surface area contributed by atoms with E-state index in [0.717, 1.165) is 16.5 Å². The van der Waals surface area contributed by atoms with Crippen LogP contribution in [-0.2, 0) is 0 Å².